The number of halogens is 1. The van der Waals surface area contributed by atoms with Gasteiger partial charge in [-0.3, -0.25) is 0 Å². The van der Waals surface area contributed by atoms with Crippen LogP contribution >= 0.6 is 24.0 Å². The lowest BCUT2D eigenvalue weighted by Crippen LogP contribution is -2.38. The summed E-state index contributed by atoms with van der Waals surface area (Å²) in [5.74, 6) is 2.62. The maximum absolute atomic E-state index is 5.42. The summed E-state index contributed by atoms with van der Waals surface area (Å²) in [7, 11) is 1.69. The van der Waals surface area contributed by atoms with Gasteiger partial charge in [0.15, 0.2) is 5.96 Å². The predicted octanol–water partition coefficient (Wildman–Crippen LogP) is 3.72. The molecular formula is C20H31IN4O2. The molecule has 0 aliphatic carbocycles. The smallest absolute Gasteiger partial charge is 0.191 e. The summed E-state index contributed by atoms with van der Waals surface area (Å²) in [6, 6.07) is 8.13. The normalized spacial score (nSPS) is 11.0. The highest BCUT2D eigenvalue weighted by atomic mass is 127. The van der Waals surface area contributed by atoms with Gasteiger partial charge in [-0.2, -0.15) is 0 Å². The number of aryl methyl sites for hydroxylation is 2. The van der Waals surface area contributed by atoms with Crippen LogP contribution in [-0.4, -0.2) is 31.3 Å². The van der Waals surface area contributed by atoms with Crippen molar-refractivity contribution in [1.29, 1.82) is 0 Å². The summed E-state index contributed by atoms with van der Waals surface area (Å²) in [4.78, 5) is 4.71. The molecule has 0 saturated carbocycles. The van der Waals surface area contributed by atoms with Gasteiger partial charge in [0.25, 0.3) is 0 Å². The predicted molar refractivity (Wildman–Crippen MR) is 120 cm³/mol. The average Bonchev–Trinajstić information content (AvgIpc) is 3.08. The summed E-state index contributed by atoms with van der Waals surface area (Å²) >= 11 is 0. The summed E-state index contributed by atoms with van der Waals surface area (Å²) < 4.78 is 10.7. The zero-order chi connectivity index (χ0) is 18.8. The molecule has 0 aliphatic heterocycles. The third kappa shape index (κ3) is 7.04. The van der Waals surface area contributed by atoms with E-state index in [9.17, 15) is 0 Å². The third-order valence-electron chi connectivity index (χ3n) is 4.19. The molecule has 27 heavy (non-hydrogen) atoms. The zero-order valence-electron chi connectivity index (χ0n) is 16.7. The van der Waals surface area contributed by atoms with Crippen molar-refractivity contribution >= 4 is 29.9 Å². The fourth-order valence-corrected chi connectivity index (χ4v) is 2.77. The van der Waals surface area contributed by atoms with E-state index in [0.29, 0.717) is 6.54 Å². The number of ether oxygens (including phenoxy) is 1. The number of methoxy groups -OCH3 is 1. The van der Waals surface area contributed by atoms with Crippen molar-refractivity contribution in [3.05, 3.63) is 46.8 Å². The Morgan fingerprint density at radius 3 is 2.67 bits per heavy atom. The van der Waals surface area contributed by atoms with E-state index in [0.717, 1.165) is 61.1 Å². The molecule has 6 nitrogen and oxygen atoms in total. The highest BCUT2D eigenvalue weighted by Gasteiger charge is 2.13. The van der Waals surface area contributed by atoms with Gasteiger partial charge >= 0.3 is 0 Å². The van der Waals surface area contributed by atoms with Crippen LogP contribution in [0, 0.1) is 0 Å². The third-order valence-corrected chi connectivity index (χ3v) is 4.19. The van der Waals surface area contributed by atoms with Crippen molar-refractivity contribution in [3.63, 3.8) is 0 Å². The molecular weight excluding hydrogens is 455 g/mol. The van der Waals surface area contributed by atoms with Crippen LogP contribution in [0.1, 0.15) is 43.4 Å². The molecule has 0 fully saturated rings. The molecule has 7 heteroatoms. The van der Waals surface area contributed by atoms with Gasteiger partial charge in [0.05, 0.1) is 19.3 Å². The summed E-state index contributed by atoms with van der Waals surface area (Å²) in [6.45, 7) is 8.41. The molecule has 0 radical (unpaired) electrons. The highest BCUT2D eigenvalue weighted by Crippen LogP contribution is 2.17. The molecule has 150 valence electrons. The van der Waals surface area contributed by atoms with Crippen molar-refractivity contribution in [2.75, 3.05) is 20.2 Å². The van der Waals surface area contributed by atoms with Crippen molar-refractivity contribution in [1.82, 2.24) is 15.8 Å². The quantitative estimate of drug-likeness (QED) is 0.321. The van der Waals surface area contributed by atoms with Gasteiger partial charge in [-0.15, -0.1) is 24.0 Å². The Hall–Kier alpha value is -1.77. The van der Waals surface area contributed by atoms with Crippen molar-refractivity contribution < 1.29 is 9.26 Å². The van der Waals surface area contributed by atoms with Crippen LogP contribution in [0.4, 0.5) is 0 Å². The van der Waals surface area contributed by atoms with Gasteiger partial charge in [-0.05, 0) is 37.5 Å². The average molecular weight is 486 g/mol. The Morgan fingerprint density at radius 1 is 1.19 bits per heavy atom. The Kier molecular flexibility index (Phi) is 10.8. The molecule has 2 N–H and O–H groups in total. The largest absolute Gasteiger partial charge is 0.497 e. The monoisotopic (exact) mass is 486 g/mol. The van der Waals surface area contributed by atoms with E-state index < -0.39 is 0 Å². The fraction of sp³-hybridized carbons (Fsp3) is 0.500. The zero-order valence-corrected chi connectivity index (χ0v) is 19.0. The van der Waals surface area contributed by atoms with Crippen LogP contribution in [-0.2, 0) is 25.8 Å². The van der Waals surface area contributed by atoms with E-state index in [1.54, 1.807) is 7.11 Å². The first-order valence-electron chi connectivity index (χ1n) is 9.33. The Bertz CT molecular complexity index is 694. The van der Waals surface area contributed by atoms with E-state index >= 15 is 0 Å². The van der Waals surface area contributed by atoms with Gasteiger partial charge in [-0.1, -0.05) is 31.1 Å². The van der Waals surface area contributed by atoms with Gasteiger partial charge < -0.3 is 19.9 Å². The molecule has 1 heterocycles. The topological polar surface area (TPSA) is 71.7 Å². The van der Waals surface area contributed by atoms with Gasteiger partial charge in [0.1, 0.15) is 11.5 Å². The maximum Gasteiger partial charge on any atom is 0.191 e. The van der Waals surface area contributed by atoms with E-state index in [-0.39, 0.29) is 24.0 Å². The first-order chi connectivity index (χ1) is 12.7. The number of rotatable bonds is 9. The second-order valence-corrected chi connectivity index (χ2v) is 5.96. The number of aliphatic imine (C=N–C) groups is 1. The van der Waals surface area contributed by atoms with Crippen LogP contribution in [0.3, 0.4) is 0 Å². The van der Waals surface area contributed by atoms with Crippen LogP contribution in [0.25, 0.3) is 0 Å². The highest BCUT2D eigenvalue weighted by molar-refractivity contribution is 14.0. The number of aromatic nitrogens is 1. The van der Waals surface area contributed by atoms with Crippen molar-refractivity contribution in [2.24, 2.45) is 4.99 Å². The fourth-order valence-electron chi connectivity index (χ4n) is 2.77. The first-order valence-corrected chi connectivity index (χ1v) is 9.33. The Balaban J connectivity index is 0.00000364. The maximum atomic E-state index is 5.42. The Labute approximate surface area is 179 Å². The lowest BCUT2D eigenvalue weighted by molar-refractivity contribution is 0.380. The molecule has 0 spiro atoms. The second-order valence-electron chi connectivity index (χ2n) is 5.96. The van der Waals surface area contributed by atoms with Crippen LogP contribution in [0.2, 0.25) is 0 Å². The van der Waals surface area contributed by atoms with E-state index in [1.807, 2.05) is 12.1 Å². The first kappa shape index (κ1) is 23.3. The SMILES string of the molecule is CCNC(=NCc1c(CC)noc1CC)NCCc1cccc(OC)c1.I. The number of nitrogens with zero attached hydrogens (tertiary/aromatic N) is 2. The molecule has 2 rings (SSSR count). The Morgan fingerprint density at radius 2 is 2.00 bits per heavy atom. The number of guanidine groups is 1. The number of benzene rings is 1. The van der Waals surface area contributed by atoms with Crippen LogP contribution in [0.5, 0.6) is 5.75 Å². The van der Waals surface area contributed by atoms with E-state index in [1.165, 1.54) is 5.56 Å². The van der Waals surface area contributed by atoms with Crippen LogP contribution < -0.4 is 15.4 Å². The van der Waals surface area contributed by atoms with E-state index in [2.05, 4.69) is 48.7 Å². The lowest BCUT2D eigenvalue weighted by atomic mass is 10.1. The number of nitrogens with one attached hydrogen (secondary N) is 2. The summed E-state index contributed by atoms with van der Waals surface area (Å²) in [6.07, 6.45) is 2.58. The molecule has 0 bridgehead atoms. The molecule has 0 amide bonds. The van der Waals surface area contributed by atoms with Gasteiger partial charge in [-0.25, -0.2) is 4.99 Å². The minimum Gasteiger partial charge on any atom is -0.497 e. The van der Waals surface area contributed by atoms with E-state index in [4.69, 9.17) is 14.3 Å². The van der Waals surface area contributed by atoms with Gasteiger partial charge in [0, 0.05) is 25.1 Å². The van der Waals surface area contributed by atoms with Gasteiger partial charge in [0.2, 0.25) is 0 Å². The molecule has 1 aromatic heterocycles. The number of hydrogen-bond donors (Lipinski definition) is 2. The lowest BCUT2D eigenvalue weighted by Gasteiger charge is -2.12. The molecule has 1 aromatic carbocycles. The molecule has 0 unspecified atom stereocenters. The number of hydrogen-bond acceptors (Lipinski definition) is 4. The van der Waals surface area contributed by atoms with Crippen molar-refractivity contribution in [3.8, 4) is 5.75 Å². The minimum absolute atomic E-state index is 0. The molecule has 0 aliphatic rings. The minimum atomic E-state index is 0. The molecule has 0 saturated heterocycles. The summed E-state index contributed by atoms with van der Waals surface area (Å²) in [5.41, 5.74) is 3.34. The molecule has 0 atom stereocenters. The van der Waals surface area contributed by atoms with Crippen LogP contribution in [0.15, 0.2) is 33.8 Å². The second kappa shape index (κ2) is 12.6. The van der Waals surface area contributed by atoms with Crippen molar-refractivity contribution in [2.45, 2.75) is 46.6 Å². The summed E-state index contributed by atoms with van der Waals surface area (Å²) in [5, 5.41) is 10.8. The standard InChI is InChI=1S/C20H30N4O2.HI/c1-5-18-17(19(6-2)26-24-18)14-23-20(21-7-3)22-12-11-15-9-8-10-16(13-15)25-4;/h8-10,13H,5-7,11-12,14H2,1-4H3,(H2,21,22,23);1H. The molecule has 2 aromatic rings.